The first kappa shape index (κ1) is 16.1. The van der Waals surface area contributed by atoms with Crippen LogP contribution in [0.1, 0.15) is 36.5 Å². The molecule has 1 aliphatic carbocycles. The summed E-state index contributed by atoms with van der Waals surface area (Å²) in [6.45, 7) is 2.45. The molecule has 1 aromatic carbocycles. The Morgan fingerprint density at radius 2 is 1.95 bits per heavy atom. The molecule has 1 N–H and O–H groups in total. The molecule has 1 aromatic rings. The summed E-state index contributed by atoms with van der Waals surface area (Å²) in [6.07, 6.45) is 2.28. The number of nitrogens with one attached hydrogen (secondary N) is 1. The number of hydrogen-bond acceptors (Lipinski definition) is 3. The summed E-state index contributed by atoms with van der Waals surface area (Å²) in [7, 11) is 0. The van der Waals surface area contributed by atoms with Gasteiger partial charge in [-0.15, -0.1) is 23.2 Å². The summed E-state index contributed by atoms with van der Waals surface area (Å²) >= 11 is 11.7. The predicted octanol–water partition coefficient (Wildman–Crippen LogP) is 3.78. The summed E-state index contributed by atoms with van der Waals surface area (Å²) in [5.41, 5.74) is 1.06. The Morgan fingerprint density at radius 1 is 1.33 bits per heavy atom. The SMILES string of the molecule is CCCCOC(=O)c1ccc(NC(=O)C2CC2(Cl)Cl)cc1. The molecule has 2 rings (SSSR count). The van der Waals surface area contributed by atoms with Crippen LogP contribution in [0.15, 0.2) is 24.3 Å². The van der Waals surface area contributed by atoms with Crippen molar-refractivity contribution in [2.45, 2.75) is 30.5 Å². The lowest BCUT2D eigenvalue weighted by Gasteiger charge is -2.07. The van der Waals surface area contributed by atoms with Crippen LogP contribution in [0.5, 0.6) is 0 Å². The lowest BCUT2D eigenvalue weighted by Crippen LogP contribution is -2.16. The minimum Gasteiger partial charge on any atom is -0.462 e. The van der Waals surface area contributed by atoms with E-state index in [9.17, 15) is 9.59 Å². The number of halogens is 2. The molecule has 1 amide bonds. The highest BCUT2D eigenvalue weighted by molar-refractivity contribution is 6.52. The Bertz CT molecular complexity index is 528. The number of alkyl halides is 2. The summed E-state index contributed by atoms with van der Waals surface area (Å²) in [5, 5.41) is 2.72. The Kier molecular flexibility index (Phi) is 5.12. The molecule has 1 saturated carbocycles. The highest BCUT2D eigenvalue weighted by atomic mass is 35.5. The Hall–Kier alpha value is -1.26. The molecule has 0 aromatic heterocycles. The fourth-order valence-corrected chi connectivity index (χ4v) is 2.32. The van der Waals surface area contributed by atoms with E-state index in [1.807, 2.05) is 6.92 Å². The van der Waals surface area contributed by atoms with Gasteiger partial charge in [0, 0.05) is 5.69 Å². The second-order valence-corrected chi connectivity index (χ2v) is 6.62. The van der Waals surface area contributed by atoms with Crippen LogP contribution in [0.2, 0.25) is 0 Å². The number of unbranched alkanes of at least 4 members (excludes halogenated alkanes) is 1. The van der Waals surface area contributed by atoms with E-state index in [2.05, 4.69) is 5.32 Å². The van der Waals surface area contributed by atoms with Gasteiger partial charge in [-0.1, -0.05) is 13.3 Å². The van der Waals surface area contributed by atoms with E-state index >= 15 is 0 Å². The van der Waals surface area contributed by atoms with Crippen LogP contribution in [0, 0.1) is 5.92 Å². The summed E-state index contributed by atoms with van der Waals surface area (Å²) in [5.74, 6) is -0.943. The lowest BCUT2D eigenvalue weighted by atomic mass is 10.2. The number of benzene rings is 1. The fourth-order valence-electron chi connectivity index (χ4n) is 1.81. The maximum atomic E-state index is 11.8. The van der Waals surface area contributed by atoms with Gasteiger partial charge >= 0.3 is 5.97 Å². The van der Waals surface area contributed by atoms with Gasteiger partial charge in [-0.25, -0.2) is 4.79 Å². The normalized spacial score (nSPS) is 18.9. The third-order valence-electron chi connectivity index (χ3n) is 3.26. The number of amides is 1. The topological polar surface area (TPSA) is 55.4 Å². The van der Waals surface area contributed by atoms with Gasteiger partial charge in [-0.2, -0.15) is 0 Å². The zero-order valence-corrected chi connectivity index (χ0v) is 13.2. The van der Waals surface area contributed by atoms with Crippen LogP contribution in [-0.4, -0.2) is 22.8 Å². The molecular formula is C15H17Cl2NO3. The van der Waals surface area contributed by atoms with Crippen LogP contribution >= 0.6 is 23.2 Å². The highest BCUT2D eigenvalue weighted by Crippen LogP contribution is 2.53. The first-order valence-corrected chi connectivity index (χ1v) is 7.65. The Balaban J connectivity index is 1.87. The van der Waals surface area contributed by atoms with Crippen LogP contribution in [0.3, 0.4) is 0 Å². The molecule has 0 radical (unpaired) electrons. The molecule has 0 bridgehead atoms. The van der Waals surface area contributed by atoms with Crippen molar-refractivity contribution in [1.29, 1.82) is 0 Å². The minimum atomic E-state index is -0.937. The van der Waals surface area contributed by atoms with Gasteiger partial charge in [0.1, 0.15) is 4.33 Å². The van der Waals surface area contributed by atoms with Gasteiger partial charge in [0.2, 0.25) is 5.91 Å². The van der Waals surface area contributed by atoms with E-state index in [-0.39, 0.29) is 17.8 Å². The van der Waals surface area contributed by atoms with Crippen LogP contribution in [0.25, 0.3) is 0 Å². The van der Waals surface area contributed by atoms with Crippen molar-refractivity contribution >= 4 is 40.8 Å². The molecule has 1 fully saturated rings. The average molecular weight is 330 g/mol. The second-order valence-electron chi connectivity index (χ2n) is 5.07. The molecule has 0 saturated heterocycles. The van der Waals surface area contributed by atoms with Crippen molar-refractivity contribution in [2.75, 3.05) is 11.9 Å². The molecule has 0 heterocycles. The van der Waals surface area contributed by atoms with Crippen LogP contribution in [-0.2, 0) is 9.53 Å². The molecule has 0 aliphatic heterocycles. The average Bonchev–Trinajstić information content (AvgIpc) is 3.09. The van der Waals surface area contributed by atoms with Gasteiger partial charge in [0.05, 0.1) is 18.1 Å². The smallest absolute Gasteiger partial charge is 0.338 e. The number of esters is 1. The summed E-state index contributed by atoms with van der Waals surface area (Å²) < 4.78 is 4.17. The molecule has 114 valence electrons. The summed E-state index contributed by atoms with van der Waals surface area (Å²) in [4.78, 5) is 23.5. The van der Waals surface area contributed by atoms with Gasteiger partial charge in [-0.3, -0.25) is 4.79 Å². The number of ether oxygens (including phenoxy) is 1. The number of hydrogen-bond donors (Lipinski definition) is 1. The lowest BCUT2D eigenvalue weighted by molar-refractivity contribution is -0.117. The highest BCUT2D eigenvalue weighted by Gasteiger charge is 2.56. The molecule has 0 spiro atoms. The molecule has 1 atom stereocenters. The standard InChI is InChI=1S/C15H17Cl2NO3/c1-2-3-8-21-14(20)10-4-6-11(7-5-10)18-13(19)12-9-15(12,16)17/h4-7,12H,2-3,8-9H2,1H3,(H,18,19). The first-order valence-electron chi connectivity index (χ1n) is 6.90. The molecule has 1 aliphatic rings. The van der Waals surface area contributed by atoms with Crippen molar-refractivity contribution in [3.63, 3.8) is 0 Å². The zero-order valence-electron chi connectivity index (χ0n) is 11.7. The van der Waals surface area contributed by atoms with Gasteiger partial charge in [-0.05, 0) is 37.1 Å². The van der Waals surface area contributed by atoms with E-state index in [1.165, 1.54) is 0 Å². The van der Waals surface area contributed by atoms with E-state index in [1.54, 1.807) is 24.3 Å². The van der Waals surface area contributed by atoms with Crippen molar-refractivity contribution in [3.05, 3.63) is 29.8 Å². The number of carbonyl (C=O) groups excluding carboxylic acids is 2. The molecule has 1 unspecified atom stereocenters. The fraction of sp³-hybridized carbons (Fsp3) is 0.467. The molecular weight excluding hydrogens is 313 g/mol. The predicted molar refractivity (Wildman–Crippen MR) is 82.8 cm³/mol. The van der Waals surface area contributed by atoms with Crippen LogP contribution < -0.4 is 5.32 Å². The van der Waals surface area contributed by atoms with E-state index in [4.69, 9.17) is 27.9 Å². The number of anilines is 1. The summed E-state index contributed by atoms with van der Waals surface area (Å²) in [6, 6.07) is 6.54. The van der Waals surface area contributed by atoms with Crippen molar-refractivity contribution in [3.8, 4) is 0 Å². The molecule has 4 nitrogen and oxygen atoms in total. The van der Waals surface area contributed by atoms with E-state index < -0.39 is 4.33 Å². The van der Waals surface area contributed by atoms with Crippen molar-refractivity contribution in [1.82, 2.24) is 0 Å². The zero-order chi connectivity index (χ0) is 15.5. The van der Waals surface area contributed by atoms with Gasteiger partial charge in [0.15, 0.2) is 0 Å². The second kappa shape index (κ2) is 6.67. The molecule has 21 heavy (non-hydrogen) atoms. The maximum absolute atomic E-state index is 11.8. The third kappa shape index (κ3) is 4.35. The minimum absolute atomic E-state index is 0.210. The third-order valence-corrected chi connectivity index (χ3v) is 4.10. The van der Waals surface area contributed by atoms with E-state index in [0.29, 0.717) is 24.3 Å². The maximum Gasteiger partial charge on any atom is 0.338 e. The largest absolute Gasteiger partial charge is 0.462 e. The quantitative estimate of drug-likeness (QED) is 0.491. The van der Waals surface area contributed by atoms with E-state index in [0.717, 1.165) is 12.8 Å². The van der Waals surface area contributed by atoms with Crippen LogP contribution in [0.4, 0.5) is 5.69 Å². The number of rotatable bonds is 6. The number of carbonyl (C=O) groups is 2. The first-order chi connectivity index (χ1) is 9.94. The van der Waals surface area contributed by atoms with Gasteiger partial charge < -0.3 is 10.1 Å². The monoisotopic (exact) mass is 329 g/mol. The van der Waals surface area contributed by atoms with Gasteiger partial charge in [0.25, 0.3) is 0 Å². The Morgan fingerprint density at radius 3 is 2.48 bits per heavy atom. The molecule has 6 heteroatoms. The van der Waals surface area contributed by atoms with Crippen molar-refractivity contribution < 1.29 is 14.3 Å². The van der Waals surface area contributed by atoms with Crippen molar-refractivity contribution in [2.24, 2.45) is 5.92 Å². The Labute approximate surface area is 133 Å².